The van der Waals surface area contributed by atoms with Crippen LogP contribution in [0.25, 0.3) is 0 Å². The molecule has 1 fully saturated rings. The summed E-state index contributed by atoms with van der Waals surface area (Å²) in [5.74, 6) is -0.848. The van der Waals surface area contributed by atoms with Crippen molar-refractivity contribution in [1.29, 1.82) is 0 Å². The summed E-state index contributed by atoms with van der Waals surface area (Å²) in [6, 6.07) is 0. The van der Waals surface area contributed by atoms with Crippen molar-refractivity contribution in [3.63, 3.8) is 0 Å². The third-order valence-electron chi connectivity index (χ3n) is 2.32. The van der Waals surface area contributed by atoms with E-state index in [0.717, 1.165) is 13.0 Å². The monoisotopic (exact) mass is 183 g/mol. The van der Waals surface area contributed by atoms with E-state index in [0.29, 0.717) is 0 Å². The van der Waals surface area contributed by atoms with Gasteiger partial charge < -0.3 is 10.0 Å². The average Bonchev–Trinajstić information content (AvgIpc) is 2.14. The van der Waals surface area contributed by atoms with Gasteiger partial charge in [-0.2, -0.15) is 0 Å². The van der Waals surface area contributed by atoms with Gasteiger partial charge in [0.1, 0.15) is 0 Å². The molecule has 1 N–H and O–H groups in total. The zero-order valence-corrected chi connectivity index (χ0v) is 7.91. The molecule has 0 aromatic rings. The lowest BCUT2D eigenvalue weighted by Gasteiger charge is -2.25. The van der Waals surface area contributed by atoms with Crippen molar-refractivity contribution < 1.29 is 9.90 Å². The Morgan fingerprint density at radius 2 is 2.00 bits per heavy atom. The predicted molar refractivity (Wildman–Crippen MR) is 51.7 cm³/mol. The molecule has 3 heteroatoms. The Balaban J connectivity index is 2.07. The highest BCUT2D eigenvalue weighted by atomic mass is 16.4. The molecular formula is C10H17NO2. The minimum absolute atomic E-state index is 0.848. The van der Waals surface area contributed by atoms with Crippen molar-refractivity contribution in [1.82, 2.24) is 4.90 Å². The molecule has 1 saturated heterocycles. The molecule has 0 aliphatic carbocycles. The number of piperidine rings is 1. The lowest BCUT2D eigenvalue weighted by atomic mass is 10.1. The second-order valence-corrected chi connectivity index (χ2v) is 3.43. The van der Waals surface area contributed by atoms with Gasteiger partial charge in [-0.25, -0.2) is 4.79 Å². The van der Waals surface area contributed by atoms with Crippen molar-refractivity contribution in [2.24, 2.45) is 0 Å². The van der Waals surface area contributed by atoms with Crippen LogP contribution >= 0.6 is 0 Å². The fourth-order valence-electron chi connectivity index (χ4n) is 1.62. The van der Waals surface area contributed by atoms with Crippen molar-refractivity contribution >= 4 is 5.97 Å². The summed E-state index contributed by atoms with van der Waals surface area (Å²) in [5, 5.41) is 8.35. The fraction of sp³-hybridized carbons (Fsp3) is 0.700. The molecule has 1 rings (SSSR count). The first-order chi connectivity index (χ1) is 6.29. The summed E-state index contributed by atoms with van der Waals surface area (Å²) in [7, 11) is 0. The number of rotatable bonds is 4. The molecule has 0 amide bonds. The summed E-state index contributed by atoms with van der Waals surface area (Å²) in [6.07, 6.45) is 7.75. The molecule has 74 valence electrons. The fourth-order valence-corrected chi connectivity index (χ4v) is 1.62. The molecule has 1 aliphatic heterocycles. The number of aliphatic carboxylic acids is 1. The highest BCUT2D eigenvalue weighted by Gasteiger charge is 2.07. The molecular weight excluding hydrogens is 166 g/mol. The maximum atomic E-state index is 10.1. The van der Waals surface area contributed by atoms with Crippen LogP contribution in [0.3, 0.4) is 0 Å². The Kier molecular flexibility index (Phi) is 4.54. The van der Waals surface area contributed by atoms with Gasteiger partial charge in [0.05, 0.1) is 0 Å². The van der Waals surface area contributed by atoms with E-state index < -0.39 is 5.97 Å². The molecule has 0 atom stereocenters. The van der Waals surface area contributed by atoms with E-state index in [-0.39, 0.29) is 0 Å². The smallest absolute Gasteiger partial charge is 0.327 e. The first kappa shape index (κ1) is 10.3. The zero-order chi connectivity index (χ0) is 9.52. The zero-order valence-electron chi connectivity index (χ0n) is 7.91. The molecule has 0 bridgehead atoms. The number of likely N-dealkylation sites (tertiary alicyclic amines) is 1. The van der Waals surface area contributed by atoms with Gasteiger partial charge in [-0.3, -0.25) is 0 Å². The Morgan fingerprint density at radius 1 is 1.31 bits per heavy atom. The molecule has 0 saturated carbocycles. The molecule has 0 radical (unpaired) electrons. The number of hydrogen-bond donors (Lipinski definition) is 1. The van der Waals surface area contributed by atoms with Gasteiger partial charge in [0.25, 0.3) is 0 Å². The Hall–Kier alpha value is -0.830. The third kappa shape index (κ3) is 4.68. The summed E-state index contributed by atoms with van der Waals surface area (Å²) in [6.45, 7) is 3.37. The lowest BCUT2D eigenvalue weighted by Crippen LogP contribution is -2.30. The van der Waals surface area contributed by atoms with E-state index in [2.05, 4.69) is 4.90 Å². The van der Waals surface area contributed by atoms with E-state index in [1.165, 1.54) is 38.4 Å². The standard InChI is InChI=1S/C10H17NO2/c12-10(13)6-2-5-9-11-7-3-1-4-8-11/h2,6H,1,3-5,7-9H2,(H,12,13)/b6-2-. The minimum atomic E-state index is -0.848. The van der Waals surface area contributed by atoms with Crippen LogP contribution in [0.15, 0.2) is 12.2 Å². The van der Waals surface area contributed by atoms with Gasteiger partial charge >= 0.3 is 5.97 Å². The van der Waals surface area contributed by atoms with Gasteiger partial charge in [0.15, 0.2) is 0 Å². The van der Waals surface area contributed by atoms with Crippen LogP contribution in [-0.2, 0) is 4.79 Å². The second kappa shape index (κ2) is 5.75. The number of carbonyl (C=O) groups is 1. The quantitative estimate of drug-likeness (QED) is 0.671. The Labute approximate surface area is 79.0 Å². The van der Waals surface area contributed by atoms with E-state index in [1.807, 2.05) is 0 Å². The van der Waals surface area contributed by atoms with Crippen LogP contribution in [0, 0.1) is 0 Å². The maximum absolute atomic E-state index is 10.1. The molecule has 13 heavy (non-hydrogen) atoms. The summed E-state index contributed by atoms with van der Waals surface area (Å²) >= 11 is 0. The molecule has 1 heterocycles. The predicted octanol–water partition coefficient (Wildman–Crippen LogP) is 1.50. The molecule has 3 nitrogen and oxygen atoms in total. The van der Waals surface area contributed by atoms with Gasteiger partial charge in [-0.05, 0) is 32.4 Å². The minimum Gasteiger partial charge on any atom is -0.478 e. The number of carboxylic acid groups (broad SMARTS) is 1. The number of hydrogen-bond acceptors (Lipinski definition) is 2. The largest absolute Gasteiger partial charge is 0.478 e. The average molecular weight is 183 g/mol. The van der Waals surface area contributed by atoms with Crippen LogP contribution in [0.2, 0.25) is 0 Å². The first-order valence-electron chi connectivity index (χ1n) is 4.91. The topological polar surface area (TPSA) is 40.5 Å². The maximum Gasteiger partial charge on any atom is 0.327 e. The van der Waals surface area contributed by atoms with E-state index in [1.54, 1.807) is 6.08 Å². The number of nitrogens with zero attached hydrogens (tertiary/aromatic N) is 1. The van der Waals surface area contributed by atoms with Crippen LogP contribution < -0.4 is 0 Å². The van der Waals surface area contributed by atoms with Crippen molar-refractivity contribution in [3.05, 3.63) is 12.2 Å². The molecule has 0 aromatic heterocycles. The van der Waals surface area contributed by atoms with E-state index >= 15 is 0 Å². The van der Waals surface area contributed by atoms with Gasteiger partial charge in [-0.1, -0.05) is 12.5 Å². The highest BCUT2D eigenvalue weighted by Crippen LogP contribution is 2.08. The van der Waals surface area contributed by atoms with E-state index in [9.17, 15) is 4.79 Å². The lowest BCUT2D eigenvalue weighted by molar-refractivity contribution is -0.131. The van der Waals surface area contributed by atoms with Crippen molar-refractivity contribution in [2.75, 3.05) is 19.6 Å². The highest BCUT2D eigenvalue weighted by molar-refractivity contribution is 5.79. The third-order valence-corrected chi connectivity index (χ3v) is 2.32. The van der Waals surface area contributed by atoms with Crippen LogP contribution in [0.1, 0.15) is 25.7 Å². The molecule has 1 aliphatic rings. The summed E-state index contributed by atoms with van der Waals surface area (Å²) in [5.41, 5.74) is 0. The molecule has 0 unspecified atom stereocenters. The van der Waals surface area contributed by atoms with Crippen LogP contribution in [-0.4, -0.2) is 35.6 Å². The summed E-state index contributed by atoms with van der Waals surface area (Å²) < 4.78 is 0. The van der Waals surface area contributed by atoms with Crippen molar-refractivity contribution in [2.45, 2.75) is 25.7 Å². The first-order valence-corrected chi connectivity index (χ1v) is 4.91. The van der Waals surface area contributed by atoms with Gasteiger partial charge in [0.2, 0.25) is 0 Å². The Morgan fingerprint density at radius 3 is 2.62 bits per heavy atom. The normalized spacial score (nSPS) is 19.4. The van der Waals surface area contributed by atoms with Crippen molar-refractivity contribution in [3.8, 4) is 0 Å². The van der Waals surface area contributed by atoms with Crippen LogP contribution in [0.4, 0.5) is 0 Å². The SMILES string of the molecule is O=C(O)/C=C\CCN1CCCCC1. The number of carboxylic acids is 1. The molecule has 0 aromatic carbocycles. The molecule has 0 spiro atoms. The van der Waals surface area contributed by atoms with Gasteiger partial charge in [-0.15, -0.1) is 0 Å². The Bertz CT molecular complexity index is 183. The van der Waals surface area contributed by atoms with E-state index in [4.69, 9.17) is 5.11 Å². The van der Waals surface area contributed by atoms with Gasteiger partial charge in [0, 0.05) is 12.6 Å². The summed E-state index contributed by atoms with van der Waals surface area (Å²) in [4.78, 5) is 12.5. The second-order valence-electron chi connectivity index (χ2n) is 3.43. The van der Waals surface area contributed by atoms with Crippen LogP contribution in [0.5, 0.6) is 0 Å².